The number of benzene rings is 11. The summed E-state index contributed by atoms with van der Waals surface area (Å²) in [7, 11) is 0. The van der Waals surface area contributed by atoms with E-state index in [0.29, 0.717) is 0 Å². The summed E-state index contributed by atoms with van der Waals surface area (Å²) in [4.78, 5) is 4.91. The normalized spacial score (nSPS) is 14.4. The van der Waals surface area contributed by atoms with Gasteiger partial charge in [-0.25, -0.2) is 0 Å². The monoisotopic (exact) mass is 800 g/mol. The van der Waals surface area contributed by atoms with Crippen molar-refractivity contribution in [1.82, 2.24) is 0 Å². The van der Waals surface area contributed by atoms with Crippen molar-refractivity contribution < 1.29 is 0 Å². The Morgan fingerprint density at radius 2 is 0.762 bits per heavy atom. The zero-order chi connectivity index (χ0) is 41.5. The van der Waals surface area contributed by atoms with Gasteiger partial charge in [-0.05, 0) is 127 Å². The number of hydrogen-bond donors (Lipinski definition) is 0. The van der Waals surface area contributed by atoms with Crippen molar-refractivity contribution in [2.75, 3.05) is 9.80 Å². The van der Waals surface area contributed by atoms with E-state index in [0.717, 1.165) is 34.1 Å². The Balaban J connectivity index is 1.07. The summed E-state index contributed by atoms with van der Waals surface area (Å²) < 4.78 is 0. The highest BCUT2D eigenvalue weighted by atomic mass is 15.2. The van der Waals surface area contributed by atoms with Gasteiger partial charge in [0.25, 0.3) is 0 Å². The molecule has 0 saturated carbocycles. The van der Waals surface area contributed by atoms with Crippen molar-refractivity contribution in [2.24, 2.45) is 0 Å². The highest BCUT2D eigenvalue weighted by Crippen LogP contribution is 2.65. The molecule has 0 amide bonds. The van der Waals surface area contributed by atoms with Gasteiger partial charge in [0.1, 0.15) is 0 Å². The van der Waals surface area contributed by atoms with E-state index in [-0.39, 0.29) is 0 Å². The van der Waals surface area contributed by atoms with Gasteiger partial charge in [0.15, 0.2) is 0 Å². The molecule has 63 heavy (non-hydrogen) atoms. The van der Waals surface area contributed by atoms with Gasteiger partial charge in [0.05, 0.1) is 16.8 Å². The molecule has 0 N–H and O–H groups in total. The van der Waals surface area contributed by atoms with Crippen LogP contribution in [0.4, 0.5) is 34.1 Å². The fraction of sp³-hybridized carbons (Fsp3) is 0.0164. The maximum atomic E-state index is 2.49. The van der Waals surface area contributed by atoms with Gasteiger partial charge >= 0.3 is 0 Å². The molecule has 2 aliphatic rings. The second kappa shape index (κ2) is 13.9. The summed E-state index contributed by atoms with van der Waals surface area (Å²) in [6, 6.07) is 89.7. The van der Waals surface area contributed by atoms with Crippen LogP contribution in [0.2, 0.25) is 0 Å². The smallest absolute Gasteiger partial charge is 0.0727 e. The lowest BCUT2D eigenvalue weighted by Crippen LogP contribution is -2.26. The molecule has 11 aromatic carbocycles. The average Bonchev–Trinajstić information content (AvgIpc) is 3.82. The van der Waals surface area contributed by atoms with Crippen LogP contribution in [0, 0.1) is 0 Å². The molecule has 1 atom stereocenters. The molecular formula is C61H40N2. The number of rotatable bonds is 6. The van der Waals surface area contributed by atoms with E-state index in [4.69, 9.17) is 0 Å². The molecule has 0 aliphatic heterocycles. The number of para-hydroxylation sites is 2. The Kier molecular flexibility index (Phi) is 7.85. The van der Waals surface area contributed by atoms with Crippen LogP contribution >= 0.6 is 0 Å². The summed E-state index contributed by atoms with van der Waals surface area (Å²) in [5.41, 5.74) is 16.6. The van der Waals surface area contributed by atoms with E-state index < -0.39 is 5.41 Å². The quantitative estimate of drug-likeness (QED) is 0.155. The Morgan fingerprint density at radius 3 is 1.56 bits per heavy atom. The first-order chi connectivity index (χ1) is 31.3. The third-order valence-corrected chi connectivity index (χ3v) is 13.6. The minimum Gasteiger partial charge on any atom is -0.310 e. The molecule has 1 spiro atoms. The van der Waals surface area contributed by atoms with Gasteiger partial charge < -0.3 is 9.80 Å². The van der Waals surface area contributed by atoms with E-state index in [1.165, 1.54) is 76.8 Å². The van der Waals surface area contributed by atoms with Gasteiger partial charge in [-0.3, -0.25) is 0 Å². The van der Waals surface area contributed by atoms with Crippen LogP contribution in [0.15, 0.2) is 243 Å². The summed E-state index contributed by atoms with van der Waals surface area (Å²) in [5, 5.41) is 7.44. The van der Waals surface area contributed by atoms with E-state index >= 15 is 0 Å². The van der Waals surface area contributed by atoms with Crippen molar-refractivity contribution in [3.05, 3.63) is 265 Å². The molecule has 2 heteroatoms. The molecule has 11 aromatic rings. The molecule has 0 aromatic heterocycles. The third-order valence-electron chi connectivity index (χ3n) is 13.6. The molecular weight excluding hydrogens is 761 g/mol. The molecule has 13 rings (SSSR count). The molecule has 294 valence electrons. The zero-order valence-electron chi connectivity index (χ0n) is 34.5. The maximum absolute atomic E-state index is 2.49. The van der Waals surface area contributed by atoms with E-state index in [1.807, 2.05) is 0 Å². The van der Waals surface area contributed by atoms with E-state index in [9.17, 15) is 0 Å². The largest absolute Gasteiger partial charge is 0.310 e. The predicted molar refractivity (Wildman–Crippen MR) is 265 cm³/mol. The Labute approximate surface area is 367 Å². The fourth-order valence-corrected chi connectivity index (χ4v) is 11.0. The first kappa shape index (κ1) is 35.5. The minimum atomic E-state index is -0.560. The maximum Gasteiger partial charge on any atom is 0.0727 e. The van der Waals surface area contributed by atoms with Gasteiger partial charge in [0.2, 0.25) is 0 Å². The summed E-state index contributed by atoms with van der Waals surface area (Å²) in [6.07, 6.45) is 0. The number of anilines is 6. The van der Waals surface area contributed by atoms with Crippen LogP contribution in [-0.2, 0) is 5.41 Å². The molecule has 0 bridgehead atoms. The highest BCUT2D eigenvalue weighted by molar-refractivity contribution is 6.09. The zero-order valence-corrected chi connectivity index (χ0v) is 34.5. The van der Waals surface area contributed by atoms with Crippen molar-refractivity contribution in [2.45, 2.75) is 5.41 Å². The average molecular weight is 801 g/mol. The lowest BCUT2D eigenvalue weighted by molar-refractivity contribution is 0.793. The van der Waals surface area contributed by atoms with E-state index in [2.05, 4.69) is 252 Å². The third kappa shape index (κ3) is 5.19. The van der Waals surface area contributed by atoms with E-state index in [1.54, 1.807) is 0 Å². The molecule has 0 fully saturated rings. The molecule has 1 unspecified atom stereocenters. The summed E-state index contributed by atoms with van der Waals surface area (Å²) >= 11 is 0. The van der Waals surface area contributed by atoms with Crippen LogP contribution in [0.3, 0.4) is 0 Å². The first-order valence-corrected chi connectivity index (χ1v) is 21.8. The molecule has 2 nitrogen and oxygen atoms in total. The topological polar surface area (TPSA) is 6.48 Å². The summed E-state index contributed by atoms with van der Waals surface area (Å²) in [6.45, 7) is 0. The fourth-order valence-electron chi connectivity index (χ4n) is 11.0. The van der Waals surface area contributed by atoms with Crippen LogP contribution in [0.1, 0.15) is 22.3 Å². The van der Waals surface area contributed by atoms with Crippen LogP contribution < -0.4 is 9.80 Å². The molecule has 0 heterocycles. The lowest BCUT2D eigenvalue weighted by Gasteiger charge is -2.33. The van der Waals surface area contributed by atoms with Gasteiger partial charge in [-0.15, -0.1) is 0 Å². The summed E-state index contributed by atoms with van der Waals surface area (Å²) in [5.74, 6) is 0. The van der Waals surface area contributed by atoms with Crippen molar-refractivity contribution >= 4 is 66.4 Å². The first-order valence-electron chi connectivity index (χ1n) is 21.8. The lowest BCUT2D eigenvalue weighted by atomic mass is 9.70. The SMILES string of the molecule is c1ccc(N(c2ccc3c(c2)C2(c4ccccc4-3)c3ccccc3-c3c(N(c4ccccc4)c4cccc5ccccc45)cccc32)c2ccc3c(ccc4ccccc43)c2)cc1. The van der Waals surface area contributed by atoms with Crippen LogP contribution in [-0.4, -0.2) is 0 Å². The number of hydrogen-bond acceptors (Lipinski definition) is 2. The van der Waals surface area contributed by atoms with Crippen molar-refractivity contribution in [3.8, 4) is 22.3 Å². The van der Waals surface area contributed by atoms with Gasteiger partial charge in [-0.1, -0.05) is 182 Å². The molecule has 2 aliphatic carbocycles. The minimum absolute atomic E-state index is 0.560. The standard InChI is InChI=1S/C61H40N2/c1-3-20-44(21-4-1)62(46-35-37-49-43(39-46)34-33-42-18-7-9-24-48(42)49)47-36-38-52-51-26-11-13-28-54(51)61(57(52)40-47)55-29-14-12-27-53(55)60-56(61)30-16-32-59(60)63(45-22-5-2-6-23-45)58-31-15-19-41-17-8-10-25-50(41)58/h1-40H. The van der Waals surface area contributed by atoms with Crippen molar-refractivity contribution in [3.63, 3.8) is 0 Å². The second-order valence-electron chi connectivity index (χ2n) is 16.8. The van der Waals surface area contributed by atoms with Gasteiger partial charge in [-0.2, -0.15) is 0 Å². The van der Waals surface area contributed by atoms with Gasteiger partial charge in [0, 0.05) is 33.7 Å². The van der Waals surface area contributed by atoms with Crippen LogP contribution in [0.25, 0.3) is 54.6 Å². The number of nitrogens with zero attached hydrogens (tertiary/aromatic N) is 2. The number of fused-ring (bicyclic) bond motifs is 14. The highest BCUT2D eigenvalue weighted by Gasteiger charge is 2.52. The molecule has 0 radical (unpaired) electrons. The molecule has 0 saturated heterocycles. The Morgan fingerprint density at radius 1 is 0.254 bits per heavy atom. The van der Waals surface area contributed by atoms with Crippen molar-refractivity contribution in [1.29, 1.82) is 0 Å². The van der Waals surface area contributed by atoms with Crippen LogP contribution in [0.5, 0.6) is 0 Å². The Hall–Kier alpha value is -8.20. The predicted octanol–water partition coefficient (Wildman–Crippen LogP) is 16.4. The second-order valence-corrected chi connectivity index (χ2v) is 16.8. The Bertz CT molecular complexity index is 3590.